The van der Waals surface area contributed by atoms with Gasteiger partial charge in [0, 0.05) is 30.3 Å². The minimum absolute atomic E-state index is 0.544. The second-order valence-corrected chi connectivity index (χ2v) is 5.95. The molecule has 0 aliphatic heterocycles. The van der Waals surface area contributed by atoms with E-state index in [1.165, 1.54) is 31.4 Å². The van der Waals surface area contributed by atoms with Gasteiger partial charge in [0.1, 0.15) is 0 Å². The van der Waals surface area contributed by atoms with Gasteiger partial charge >= 0.3 is 0 Å². The van der Waals surface area contributed by atoms with Gasteiger partial charge in [-0.25, -0.2) is 0 Å². The van der Waals surface area contributed by atoms with Crippen molar-refractivity contribution in [3.63, 3.8) is 0 Å². The lowest BCUT2D eigenvalue weighted by Crippen LogP contribution is -2.36. The van der Waals surface area contributed by atoms with Gasteiger partial charge in [-0.05, 0) is 42.5 Å². The predicted molar refractivity (Wildman–Crippen MR) is 79.2 cm³/mol. The number of hydrogen-bond acceptors (Lipinski definition) is 2. The third-order valence-corrected chi connectivity index (χ3v) is 4.33. The molecule has 0 saturated heterocycles. The van der Waals surface area contributed by atoms with E-state index in [-0.39, 0.29) is 0 Å². The zero-order valence-electron chi connectivity index (χ0n) is 11.3. The molecule has 0 bridgehead atoms. The Morgan fingerprint density at radius 1 is 1.39 bits per heavy atom. The predicted octanol–water partition coefficient (Wildman–Crippen LogP) is 3.81. The molecule has 2 rings (SSSR count). The highest BCUT2D eigenvalue weighted by Gasteiger charge is 2.23. The van der Waals surface area contributed by atoms with E-state index in [0.717, 1.165) is 16.5 Å². The fourth-order valence-electron chi connectivity index (χ4n) is 3.01. The van der Waals surface area contributed by atoms with Crippen LogP contribution in [0.3, 0.4) is 0 Å². The highest BCUT2D eigenvalue weighted by molar-refractivity contribution is 6.30. The van der Waals surface area contributed by atoms with E-state index < -0.39 is 0 Å². The number of anilines is 1. The number of benzene rings is 1. The van der Waals surface area contributed by atoms with Crippen LogP contribution in [-0.2, 0) is 6.54 Å². The molecule has 1 aliphatic rings. The summed E-state index contributed by atoms with van der Waals surface area (Å²) in [6.07, 6.45) is 5.27. The highest BCUT2D eigenvalue weighted by atomic mass is 35.5. The van der Waals surface area contributed by atoms with Crippen LogP contribution in [0.4, 0.5) is 5.69 Å². The molecule has 1 fully saturated rings. The summed E-state index contributed by atoms with van der Waals surface area (Å²) in [5.74, 6) is 0.833. The summed E-state index contributed by atoms with van der Waals surface area (Å²) in [7, 11) is 2.19. The molecule has 2 unspecified atom stereocenters. The van der Waals surface area contributed by atoms with E-state index in [1.54, 1.807) is 0 Å². The number of rotatable bonds is 3. The standard InChI is InChI=1S/C15H23ClN2/c1-11-4-3-5-14(8-11)18(2)15-7-6-13(16)9-12(15)10-17/h6-7,9,11,14H,3-5,8,10,17H2,1-2H3. The Balaban J connectivity index is 2.19. The van der Waals surface area contributed by atoms with Crippen LogP contribution in [-0.4, -0.2) is 13.1 Å². The maximum absolute atomic E-state index is 6.04. The zero-order chi connectivity index (χ0) is 13.1. The van der Waals surface area contributed by atoms with Crippen molar-refractivity contribution >= 4 is 17.3 Å². The fraction of sp³-hybridized carbons (Fsp3) is 0.600. The van der Waals surface area contributed by atoms with Crippen LogP contribution < -0.4 is 10.6 Å². The molecule has 2 atom stereocenters. The Labute approximate surface area is 115 Å². The van der Waals surface area contributed by atoms with Crippen molar-refractivity contribution < 1.29 is 0 Å². The molecular formula is C15H23ClN2. The highest BCUT2D eigenvalue weighted by Crippen LogP contribution is 2.32. The quantitative estimate of drug-likeness (QED) is 0.901. The molecule has 18 heavy (non-hydrogen) atoms. The molecule has 1 saturated carbocycles. The van der Waals surface area contributed by atoms with Crippen molar-refractivity contribution in [3.8, 4) is 0 Å². The molecular weight excluding hydrogens is 244 g/mol. The minimum Gasteiger partial charge on any atom is -0.371 e. The summed E-state index contributed by atoms with van der Waals surface area (Å²) in [6, 6.07) is 6.68. The third-order valence-electron chi connectivity index (χ3n) is 4.10. The van der Waals surface area contributed by atoms with Gasteiger partial charge in [-0.1, -0.05) is 31.4 Å². The van der Waals surface area contributed by atoms with Crippen LogP contribution in [0, 0.1) is 5.92 Å². The first-order valence-electron chi connectivity index (χ1n) is 6.83. The van der Waals surface area contributed by atoms with Gasteiger partial charge in [-0.3, -0.25) is 0 Å². The molecule has 1 aliphatic carbocycles. The number of nitrogens with two attached hydrogens (primary N) is 1. The van der Waals surface area contributed by atoms with E-state index in [1.807, 2.05) is 12.1 Å². The Morgan fingerprint density at radius 2 is 2.17 bits per heavy atom. The van der Waals surface area contributed by atoms with Crippen LogP contribution in [0.2, 0.25) is 5.02 Å². The van der Waals surface area contributed by atoms with Gasteiger partial charge in [0.25, 0.3) is 0 Å². The molecule has 1 aromatic carbocycles. The maximum atomic E-state index is 6.04. The van der Waals surface area contributed by atoms with E-state index >= 15 is 0 Å². The van der Waals surface area contributed by atoms with Crippen molar-refractivity contribution in [1.29, 1.82) is 0 Å². The van der Waals surface area contributed by atoms with Crippen LogP contribution in [0.1, 0.15) is 38.2 Å². The van der Waals surface area contributed by atoms with Crippen molar-refractivity contribution in [2.45, 2.75) is 45.2 Å². The second-order valence-electron chi connectivity index (χ2n) is 5.51. The summed E-state index contributed by atoms with van der Waals surface area (Å²) in [6.45, 7) is 2.90. The lowest BCUT2D eigenvalue weighted by molar-refractivity contribution is 0.336. The van der Waals surface area contributed by atoms with Crippen LogP contribution >= 0.6 is 11.6 Å². The molecule has 3 heteroatoms. The number of halogens is 1. The third kappa shape index (κ3) is 2.99. The zero-order valence-corrected chi connectivity index (χ0v) is 12.1. The Kier molecular flexibility index (Phi) is 4.52. The van der Waals surface area contributed by atoms with Gasteiger partial charge in [-0.2, -0.15) is 0 Å². The van der Waals surface area contributed by atoms with E-state index in [2.05, 4.69) is 24.9 Å². The van der Waals surface area contributed by atoms with Crippen molar-refractivity contribution in [1.82, 2.24) is 0 Å². The van der Waals surface area contributed by atoms with Crippen LogP contribution in [0.25, 0.3) is 0 Å². The topological polar surface area (TPSA) is 29.3 Å². The van der Waals surface area contributed by atoms with E-state index in [9.17, 15) is 0 Å². The monoisotopic (exact) mass is 266 g/mol. The second kappa shape index (κ2) is 5.94. The Hall–Kier alpha value is -0.730. The molecule has 0 radical (unpaired) electrons. The van der Waals surface area contributed by atoms with E-state index in [4.69, 9.17) is 17.3 Å². The van der Waals surface area contributed by atoms with Gasteiger partial charge in [0.2, 0.25) is 0 Å². The van der Waals surface area contributed by atoms with Gasteiger partial charge in [0.15, 0.2) is 0 Å². The van der Waals surface area contributed by atoms with Crippen molar-refractivity contribution in [2.75, 3.05) is 11.9 Å². The molecule has 2 N–H and O–H groups in total. The Bertz CT molecular complexity index is 405. The minimum atomic E-state index is 0.544. The molecule has 2 nitrogen and oxygen atoms in total. The fourth-order valence-corrected chi connectivity index (χ4v) is 3.21. The lowest BCUT2D eigenvalue weighted by atomic mass is 9.86. The largest absolute Gasteiger partial charge is 0.371 e. The first kappa shape index (κ1) is 13.7. The van der Waals surface area contributed by atoms with Gasteiger partial charge in [0.05, 0.1) is 0 Å². The van der Waals surface area contributed by atoms with Crippen molar-refractivity contribution in [2.24, 2.45) is 11.7 Å². The number of hydrogen-bond donors (Lipinski definition) is 1. The Morgan fingerprint density at radius 3 is 2.83 bits per heavy atom. The first-order chi connectivity index (χ1) is 8.61. The van der Waals surface area contributed by atoms with E-state index in [0.29, 0.717) is 12.6 Å². The smallest absolute Gasteiger partial charge is 0.0412 e. The van der Waals surface area contributed by atoms with Crippen LogP contribution in [0.15, 0.2) is 18.2 Å². The molecule has 0 spiro atoms. The maximum Gasteiger partial charge on any atom is 0.0412 e. The molecule has 0 amide bonds. The van der Waals surface area contributed by atoms with Gasteiger partial charge in [-0.15, -0.1) is 0 Å². The van der Waals surface area contributed by atoms with Crippen LogP contribution in [0.5, 0.6) is 0 Å². The molecule has 1 aromatic rings. The van der Waals surface area contributed by atoms with Crippen molar-refractivity contribution in [3.05, 3.63) is 28.8 Å². The summed E-state index contributed by atoms with van der Waals surface area (Å²) < 4.78 is 0. The summed E-state index contributed by atoms with van der Waals surface area (Å²) in [4.78, 5) is 2.40. The normalized spacial score (nSPS) is 24.0. The number of nitrogens with zero attached hydrogens (tertiary/aromatic N) is 1. The molecule has 100 valence electrons. The summed E-state index contributed by atoms with van der Waals surface area (Å²) in [5.41, 5.74) is 8.21. The molecule has 0 aromatic heterocycles. The average molecular weight is 267 g/mol. The summed E-state index contributed by atoms with van der Waals surface area (Å²) >= 11 is 6.04. The van der Waals surface area contributed by atoms with Gasteiger partial charge < -0.3 is 10.6 Å². The molecule has 0 heterocycles. The average Bonchev–Trinajstić information content (AvgIpc) is 2.37. The SMILES string of the molecule is CC1CCCC(N(C)c2ccc(Cl)cc2CN)C1. The first-order valence-corrected chi connectivity index (χ1v) is 7.21. The lowest BCUT2D eigenvalue weighted by Gasteiger charge is -2.36. The summed E-state index contributed by atoms with van der Waals surface area (Å²) in [5, 5.41) is 0.768.